The van der Waals surface area contributed by atoms with Crippen molar-refractivity contribution in [2.45, 2.75) is 58.9 Å². The molecule has 0 aromatic rings. The molecule has 1 saturated heterocycles. The molecule has 1 fully saturated rings. The summed E-state index contributed by atoms with van der Waals surface area (Å²) in [5.74, 6) is 0. The summed E-state index contributed by atoms with van der Waals surface area (Å²) in [5, 5.41) is 0. The summed E-state index contributed by atoms with van der Waals surface area (Å²) < 4.78 is 0. The number of hydrogen-bond donors (Lipinski definition) is 0. The first-order valence-electron chi connectivity index (χ1n) is 6.19. The van der Waals surface area contributed by atoms with Gasteiger partial charge < -0.3 is 0 Å². The van der Waals surface area contributed by atoms with Crippen LogP contribution in [0.1, 0.15) is 52.9 Å². The maximum Gasteiger partial charge on any atom is 0.0280 e. The highest BCUT2D eigenvalue weighted by Crippen LogP contribution is 2.19. The normalized spacial score (nSPS) is 25.4. The second-order valence-corrected chi connectivity index (χ2v) is 4.47. The molecule has 0 aromatic heterocycles. The molecule has 1 aliphatic rings. The third-order valence-corrected chi connectivity index (χ3v) is 3.21. The third kappa shape index (κ3) is 3.45. The van der Waals surface area contributed by atoms with E-state index in [9.17, 15) is 0 Å². The summed E-state index contributed by atoms with van der Waals surface area (Å²) in [7, 11) is 0. The molecule has 0 aliphatic carbocycles. The summed E-state index contributed by atoms with van der Waals surface area (Å²) in [6, 6.07) is 0.739. The van der Waals surface area contributed by atoms with Crippen LogP contribution in [-0.2, 0) is 0 Å². The fourth-order valence-corrected chi connectivity index (χ4v) is 2.22. The van der Waals surface area contributed by atoms with E-state index in [-0.39, 0.29) is 0 Å². The van der Waals surface area contributed by atoms with Crippen molar-refractivity contribution < 1.29 is 0 Å². The van der Waals surface area contributed by atoms with Crippen LogP contribution in [0.2, 0.25) is 0 Å². The van der Waals surface area contributed by atoms with Gasteiger partial charge in [0.15, 0.2) is 0 Å². The Morgan fingerprint density at radius 3 is 2.79 bits per heavy atom. The summed E-state index contributed by atoms with van der Waals surface area (Å²) in [6.07, 6.45) is 9.17. The lowest BCUT2D eigenvalue weighted by Crippen LogP contribution is -2.38. The summed E-state index contributed by atoms with van der Waals surface area (Å²) >= 11 is 0. The largest absolute Gasteiger partial charge is 0.297 e. The molecule has 82 valence electrons. The van der Waals surface area contributed by atoms with E-state index in [4.69, 9.17) is 0 Å². The highest BCUT2D eigenvalue weighted by molar-refractivity contribution is 5.04. The van der Waals surface area contributed by atoms with Gasteiger partial charge in [-0.05, 0) is 45.7 Å². The van der Waals surface area contributed by atoms with E-state index >= 15 is 0 Å². The molecule has 1 heterocycles. The van der Waals surface area contributed by atoms with Crippen LogP contribution in [0, 0.1) is 0 Å². The van der Waals surface area contributed by atoms with E-state index in [0.717, 1.165) is 6.04 Å². The van der Waals surface area contributed by atoms with Crippen molar-refractivity contribution in [1.29, 1.82) is 0 Å². The van der Waals surface area contributed by atoms with Crippen LogP contribution >= 0.6 is 0 Å². The van der Waals surface area contributed by atoms with Gasteiger partial charge in [-0.3, -0.25) is 4.90 Å². The van der Waals surface area contributed by atoms with Crippen molar-refractivity contribution in [2.75, 3.05) is 13.1 Å². The van der Waals surface area contributed by atoms with E-state index in [1.807, 2.05) is 0 Å². The zero-order valence-electron chi connectivity index (χ0n) is 10.1. The molecule has 1 atom stereocenters. The quantitative estimate of drug-likeness (QED) is 0.619. The van der Waals surface area contributed by atoms with E-state index in [2.05, 4.69) is 31.7 Å². The minimum absolute atomic E-state index is 0.739. The van der Waals surface area contributed by atoms with Crippen molar-refractivity contribution in [3.8, 4) is 0 Å². The number of likely N-dealkylation sites (tertiary alicyclic amines) is 1. The minimum atomic E-state index is 0.739. The predicted octanol–water partition coefficient (Wildman–Crippen LogP) is 3.61. The fourth-order valence-electron chi connectivity index (χ4n) is 2.22. The van der Waals surface area contributed by atoms with Crippen molar-refractivity contribution in [2.24, 2.45) is 0 Å². The number of piperidine rings is 1. The molecule has 0 aromatic carbocycles. The van der Waals surface area contributed by atoms with Crippen molar-refractivity contribution >= 4 is 0 Å². The predicted molar refractivity (Wildman–Crippen MR) is 63.6 cm³/mol. The van der Waals surface area contributed by atoms with Crippen LogP contribution in [0.3, 0.4) is 0 Å². The monoisotopic (exact) mass is 195 g/mol. The lowest BCUT2D eigenvalue weighted by molar-refractivity contribution is 0.179. The van der Waals surface area contributed by atoms with Gasteiger partial charge in [0.1, 0.15) is 0 Å². The average molecular weight is 195 g/mol. The Balaban J connectivity index is 2.53. The first kappa shape index (κ1) is 11.8. The molecule has 0 radical (unpaired) electrons. The summed E-state index contributed by atoms with van der Waals surface area (Å²) in [5.41, 5.74) is 1.55. The molecule has 1 aliphatic heterocycles. The number of hydrogen-bond acceptors (Lipinski definition) is 1. The van der Waals surface area contributed by atoms with Gasteiger partial charge in [-0.15, -0.1) is 0 Å². The Hall–Kier alpha value is -0.300. The second kappa shape index (κ2) is 6.23. The van der Waals surface area contributed by atoms with E-state index < -0.39 is 0 Å². The van der Waals surface area contributed by atoms with Gasteiger partial charge >= 0.3 is 0 Å². The standard InChI is InChI=1S/C13H25N/c1-4-9-14-10-7-6-8-13(14)11-12(3)5-2/h11,13H,4-10H2,1-3H3/b12-11-. The van der Waals surface area contributed by atoms with Crippen LogP contribution in [0.15, 0.2) is 11.6 Å². The van der Waals surface area contributed by atoms with Crippen LogP contribution in [-0.4, -0.2) is 24.0 Å². The number of rotatable bonds is 4. The van der Waals surface area contributed by atoms with E-state index in [1.165, 1.54) is 45.2 Å². The van der Waals surface area contributed by atoms with Crippen LogP contribution < -0.4 is 0 Å². The SMILES string of the molecule is CCCN1CCCCC1/C=C(/C)CC. The Kier molecular flexibility index (Phi) is 5.24. The molecular formula is C13H25N. The molecule has 0 saturated carbocycles. The third-order valence-electron chi connectivity index (χ3n) is 3.21. The average Bonchev–Trinajstić information content (AvgIpc) is 2.21. The summed E-state index contributed by atoms with van der Waals surface area (Å²) in [4.78, 5) is 2.66. The minimum Gasteiger partial charge on any atom is -0.297 e. The van der Waals surface area contributed by atoms with E-state index in [0.29, 0.717) is 0 Å². The van der Waals surface area contributed by atoms with Gasteiger partial charge in [-0.25, -0.2) is 0 Å². The Bertz CT molecular complexity index is 182. The van der Waals surface area contributed by atoms with Gasteiger partial charge in [0.05, 0.1) is 0 Å². The maximum atomic E-state index is 2.66. The molecule has 0 N–H and O–H groups in total. The lowest BCUT2D eigenvalue weighted by atomic mass is 9.99. The molecule has 0 spiro atoms. The highest BCUT2D eigenvalue weighted by Gasteiger charge is 2.19. The Morgan fingerprint density at radius 1 is 1.36 bits per heavy atom. The number of nitrogens with zero attached hydrogens (tertiary/aromatic N) is 1. The molecule has 1 heteroatoms. The fraction of sp³-hybridized carbons (Fsp3) is 0.846. The first-order chi connectivity index (χ1) is 6.77. The lowest BCUT2D eigenvalue weighted by Gasteiger charge is -2.34. The zero-order valence-corrected chi connectivity index (χ0v) is 10.1. The second-order valence-electron chi connectivity index (χ2n) is 4.47. The van der Waals surface area contributed by atoms with E-state index in [1.54, 1.807) is 5.57 Å². The zero-order chi connectivity index (χ0) is 10.4. The number of allylic oxidation sites excluding steroid dienone is 1. The molecule has 1 nitrogen and oxygen atoms in total. The van der Waals surface area contributed by atoms with Crippen molar-refractivity contribution in [1.82, 2.24) is 4.90 Å². The molecule has 1 rings (SSSR count). The van der Waals surface area contributed by atoms with Crippen LogP contribution in [0.25, 0.3) is 0 Å². The molecular weight excluding hydrogens is 170 g/mol. The van der Waals surface area contributed by atoms with Crippen molar-refractivity contribution in [3.05, 3.63) is 11.6 Å². The van der Waals surface area contributed by atoms with Gasteiger partial charge in [0.25, 0.3) is 0 Å². The Morgan fingerprint density at radius 2 is 2.14 bits per heavy atom. The maximum absolute atomic E-state index is 2.66. The van der Waals surface area contributed by atoms with Gasteiger partial charge in [-0.2, -0.15) is 0 Å². The molecule has 14 heavy (non-hydrogen) atoms. The first-order valence-corrected chi connectivity index (χ1v) is 6.19. The Labute approximate surface area is 89.2 Å². The molecule has 0 amide bonds. The van der Waals surface area contributed by atoms with Crippen LogP contribution in [0.5, 0.6) is 0 Å². The van der Waals surface area contributed by atoms with Crippen LogP contribution in [0.4, 0.5) is 0 Å². The summed E-state index contributed by atoms with van der Waals surface area (Å²) in [6.45, 7) is 9.38. The van der Waals surface area contributed by atoms with Gasteiger partial charge in [0.2, 0.25) is 0 Å². The highest BCUT2D eigenvalue weighted by atomic mass is 15.2. The smallest absolute Gasteiger partial charge is 0.0280 e. The van der Waals surface area contributed by atoms with Crippen molar-refractivity contribution in [3.63, 3.8) is 0 Å². The molecule has 1 unspecified atom stereocenters. The molecule has 0 bridgehead atoms. The van der Waals surface area contributed by atoms with Gasteiger partial charge in [0, 0.05) is 6.04 Å². The van der Waals surface area contributed by atoms with Gasteiger partial charge in [-0.1, -0.05) is 31.9 Å². The topological polar surface area (TPSA) is 3.24 Å².